The molecule has 0 unspecified atom stereocenters. The van der Waals surface area contributed by atoms with E-state index in [2.05, 4.69) is 40.6 Å². The van der Waals surface area contributed by atoms with Gasteiger partial charge in [-0.1, -0.05) is 31.4 Å². The van der Waals surface area contributed by atoms with Crippen molar-refractivity contribution in [3.63, 3.8) is 0 Å². The van der Waals surface area contributed by atoms with Crippen LogP contribution in [0, 0.1) is 0 Å². The lowest BCUT2D eigenvalue weighted by molar-refractivity contribution is 0.0780. The van der Waals surface area contributed by atoms with Crippen molar-refractivity contribution in [1.82, 2.24) is 9.55 Å². The minimum Gasteiger partial charge on any atom is -0.361 e. The van der Waals surface area contributed by atoms with Crippen LogP contribution in [0.25, 0.3) is 0 Å². The molecule has 0 N–H and O–H groups in total. The van der Waals surface area contributed by atoms with Crippen molar-refractivity contribution < 1.29 is 9.53 Å². The highest BCUT2D eigenvalue weighted by Gasteiger charge is 2.15. The van der Waals surface area contributed by atoms with Gasteiger partial charge < -0.3 is 4.74 Å². The molecule has 0 amide bonds. The van der Waals surface area contributed by atoms with Gasteiger partial charge in [0, 0.05) is 14.7 Å². The number of carbonyl (C=O) groups is 1. The summed E-state index contributed by atoms with van der Waals surface area (Å²) in [6.07, 6.45) is 2.74. The second kappa shape index (κ2) is 6.88. The Kier molecular flexibility index (Phi) is 6.10. The van der Waals surface area contributed by atoms with Crippen LogP contribution in [0.1, 0.15) is 10.5 Å². The molecule has 0 fully saturated rings. The number of imidazole rings is 1. The van der Waals surface area contributed by atoms with Gasteiger partial charge in [0.05, 0.1) is 0 Å². The number of hydrogen-bond acceptors (Lipinski definition) is 4. The molecular weight excluding hydrogens is 332 g/mol. The first kappa shape index (κ1) is 15.9. The fourth-order valence-corrected chi connectivity index (χ4v) is 3.25. The number of aldehydes is 1. The third-order valence-corrected chi connectivity index (χ3v) is 5.40. The highest BCUT2D eigenvalue weighted by molar-refractivity contribution is 9.10. The standard InChI is InChI=1S/C11H19BrN2O2SSi/c1-17-11-13-10(12)9(7-15)14(11)8-16-5-6-18(2,3)4/h7H,5-6,8H2,1-4H3. The Morgan fingerprint density at radius 2 is 2.17 bits per heavy atom. The molecule has 0 aliphatic heterocycles. The van der Waals surface area contributed by atoms with Crippen LogP contribution in [0.5, 0.6) is 0 Å². The normalized spacial score (nSPS) is 11.8. The number of carbonyl (C=O) groups excluding carboxylic acids is 1. The summed E-state index contributed by atoms with van der Waals surface area (Å²) in [5, 5.41) is 0.789. The van der Waals surface area contributed by atoms with Gasteiger partial charge in [-0.15, -0.1) is 0 Å². The van der Waals surface area contributed by atoms with Crippen molar-refractivity contribution in [1.29, 1.82) is 0 Å². The summed E-state index contributed by atoms with van der Waals surface area (Å²) < 4.78 is 8.04. The Morgan fingerprint density at radius 1 is 1.50 bits per heavy atom. The summed E-state index contributed by atoms with van der Waals surface area (Å²) in [5.41, 5.74) is 0.535. The van der Waals surface area contributed by atoms with Gasteiger partial charge >= 0.3 is 0 Å². The average Bonchev–Trinajstić information content (AvgIpc) is 2.59. The maximum absolute atomic E-state index is 11.0. The smallest absolute Gasteiger partial charge is 0.171 e. The molecule has 1 aromatic rings. The number of ether oxygens (including phenoxy) is 1. The van der Waals surface area contributed by atoms with E-state index >= 15 is 0 Å². The van der Waals surface area contributed by atoms with E-state index in [-0.39, 0.29) is 0 Å². The average molecular weight is 351 g/mol. The van der Waals surface area contributed by atoms with Crippen LogP contribution in [-0.4, -0.2) is 36.8 Å². The molecule has 0 bridgehead atoms. The van der Waals surface area contributed by atoms with E-state index in [4.69, 9.17) is 4.74 Å². The largest absolute Gasteiger partial charge is 0.361 e. The molecule has 1 rings (SSSR count). The molecule has 1 heterocycles. The van der Waals surface area contributed by atoms with Crippen LogP contribution < -0.4 is 0 Å². The quantitative estimate of drug-likeness (QED) is 0.326. The minimum atomic E-state index is -1.07. The van der Waals surface area contributed by atoms with Gasteiger partial charge in [-0.2, -0.15) is 0 Å². The lowest BCUT2D eigenvalue weighted by atomic mass is 10.5. The minimum absolute atomic E-state index is 0.382. The fourth-order valence-electron chi connectivity index (χ4n) is 1.34. The third-order valence-electron chi connectivity index (χ3n) is 2.44. The highest BCUT2D eigenvalue weighted by atomic mass is 79.9. The molecule has 4 nitrogen and oxygen atoms in total. The molecule has 18 heavy (non-hydrogen) atoms. The maximum atomic E-state index is 11.0. The molecule has 0 saturated carbocycles. The van der Waals surface area contributed by atoms with Crippen LogP contribution in [0.15, 0.2) is 9.76 Å². The highest BCUT2D eigenvalue weighted by Crippen LogP contribution is 2.22. The first-order chi connectivity index (χ1) is 8.39. The van der Waals surface area contributed by atoms with Gasteiger partial charge in [0.1, 0.15) is 17.0 Å². The molecular formula is C11H19BrN2O2SSi. The zero-order valence-electron chi connectivity index (χ0n) is 11.2. The second-order valence-corrected chi connectivity index (χ2v) is 12.3. The van der Waals surface area contributed by atoms with E-state index in [1.165, 1.54) is 11.8 Å². The molecule has 0 aromatic carbocycles. The molecule has 7 heteroatoms. The Balaban J connectivity index is 2.63. The Hall–Kier alpha value is -0.113. The van der Waals surface area contributed by atoms with E-state index in [9.17, 15) is 4.79 Å². The monoisotopic (exact) mass is 350 g/mol. The number of nitrogens with zero attached hydrogens (tertiary/aromatic N) is 2. The van der Waals surface area contributed by atoms with Gasteiger partial charge in [0.2, 0.25) is 0 Å². The lowest BCUT2D eigenvalue weighted by Gasteiger charge is -2.16. The van der Waals surface area contributed by atoms with Crippen LogP contribution in [0.4, 0.5) is 0 Å². The summed E-state index contributed by atoms with van der Waals surface area (Å²) in [6, 6.07) is 1.12. The van der Waals surface area contributed by atoms with E-state index in [1.54, 1.807) is 4.57 Å². The van der Waals surface area contributed by atoms with Gasteiger partial charge in [-0.05, 0) is 28.2 Å². The summed E-state index contributed by atoms with van der Waals surface area (Å²) in [7, 11) is -1.07. The van der Waals surface area contributed by atoms with Gasteiger partial charge in [-0.3, -0.25) is 9.36 Å². The second-order valence-electron chi connectivity index (χ2n) is 5.17. The van der Waals surface area contributed by atoms with E-state index < -0.39 is 8.07 Å². The summed E-state index contributed by atoms with van der Waals surface area (Å²) in [4.78, 5) is 15.3. The fraction of sp³-hybridized carbons (Fsp3) is 0.636. The van der Waals surface area contributed by atoms with Gasteiger partial charge in [-0.25, -0.2) is 4.98 Å². The summed E-state index contributed by atoms with van der Waals surface area (Å²) in [5.74, 6) is 0. The van der Waals surface area contributed by atoms with Crippen molar-refractivity contribution in [2.75, 3.05) is 12.9 Å². The number of rotatable bonds is 7. The van der Waals surface area contributed by atoms with Crippen molar-refractivity contribution in [3.8, 4) is 0 Å². The molecule has 102 valence electrons. The molecule has 0 saturated heterocycles. The zero-order valence-corrected chi connectivity index (χ0v) is 14.6. The van der Waals surface area contributed by atoms with Crippen molar-refractivity contribution in [3.05, 3.63) is 10.3 Å². The Labute approximate surface area is 122 Å². The van der Waals surface area contributed by atoms with E-state index in [1.807, 2.05) is 6.26 Å². The lowest BCUT2D eigenvalue weighted by Crippen LogP contribution is -2.22. The van der Waals surface area contributed by atoms with Crippen molar-refractivity contribution in [2.45, 2.75) is 37.6 Å². The summed E-state index contributed by atoms with van der Waals surface area (Å²) in [6.45, 7) is 8.06. The Morgan fingerprint density at radius 3 is 2.67 bits per heavy atom. The topological polar surface area (TPSA) is 44.1 Å². The predicted octanol–water partition coefficient (Wildman–Crippen LogP) is 3.49. The van der Waals surface area contributed by atoms with Crippen LogP contribution in [-0.2, 0) is 11.5 Å². The molecule has 1 aromatic heterocycles. The van der Waals surface area contributed by atoms with Crippen LogP contribution in [0.2, 0.25) is 25.7 Å². The maximum Gasteiger partial charge on any atom is 0.171 e. The number of halogens is 1. The first-order valence-corrected chi connectivity index (χ1v) is 11.4. The molecule has 0 atom stereocenters. The zero-order chi connectivity index (χ0) is 13.8. The molecule has 0 aliphatic rings. The van der Waals surface area contributed by atoms with Crippen molar-refractivity contribution in [2.24, 2.45) is 0 Å². The third kappa shape index (κ3) is 4.53. The number of aromatic nitrogens is 2. The van der Waals surface area contributed by atoms with E-state index in [0.717, 1.165) is 24.1 Å². The molecule has 0 radical (unpaired) electrons. The molecule has 0 aliphatic carbocycles. The number of hydrogen-bond donors (Lipinski definition) is 0. The predicted molar refractivity (Wildman–Crippen MR) is 81.2 cm³/mol. The summed E-state index contributed by atoms with van der Waals surface area (Å²) >= 11 is 4.79. The molecule has 0 spiro atoms. The SMILES string of the molecule is CSc1nc(Br)c(C=O)n1COCC[Si](C)(C)C. The Bertz CT molecular complexity index is 418. The van der Waals surface area contributed by atoms with E-state index in [0.29, 0.717) is 17.0 Å². The van der Waals surface area contributed by atoms with Crippen molar-refractivity contribution >= 4 is 42.1 Å². The first-order valence-electron chi connectivity index (χ1n) is 5.72. The van der Waals surface area contributed by atoms with Gasteiger partial charge in [0.25, 0.3) is 0 Å². The van der Waals surface area contributed by atoms with Crippen LogP contribution in [0.3, 0.4) is 0 Å². The number of thioether (sulfide) groups is 1. The van der Waals surface area contributed by atoms with Crippen LogP contribution >= 0.6 is 27.7 Å². The van der Waals surface area contributed by atoms with Gasteiger partial charge in [0.15, 0.2) is 11.4 Å².